The van der Waals surface area contributed by atoms with E-state index in [0.717, 1.165) is 17.9 Å². The second kappa shape index (κ2) is 4.87. The molecule has 0 bridgehead atoms. The Morgan fingerprint density at radius 3 is 2.75 bits per heavy atom. The number of rotatable bonds is 2. The molecule has 1 unspecified atom stereocenters. The molecule has 1 aromatic rings. The average Bonchev–Trinajstić information content (AvgIpc) is 2.68. The predicted octanol–water partition coefficient (Wildman–Crippen LogP) is 2.29. The number of hydrogen-bond donors (Lipinski definition) is 0. The molecule has 86 valence electrons. The van der Waals surface area contributed by atoms with Crippen LogP contribution < -0.4 is 0 Å². The van der Waals surface area contributed by atoms with Crippen molar-refractivity contribution in [1.82, 2.24) is 4.90 Å². The van der Waals surface area contributed by atoms with Crippen molar-refractivity contribution in [1.29, 1.82) is 0 Å². The minimum absolute atomic E-state index is 0.129. The molecule has 1 aliphatic rings. The van der Waals surface area contributed by atoms with E-state index in [4.69, 9.17) is 0 Å². The highest BCUT2D eigenvalue weighted by molar-refractivity contribution is 8.00. The third kappa shape index (κ3) is 2.55. The van der Waals surface area contributed by atoms with Gasteiger partial charge in [0.1, 0.15) is 5.82 Å². The van der Waals surface area contributed by atoms with Crippen LogP contribution in [0.5, 0.6) is 0 Å². The second-order valence-corrected chi connectivity index (χ2v) is 5.28. The first-order chi connectivity index (χ1) is 7.66. The maximum absolute atomic E-state index is 12.7. The number of hydrogen-bond acceptors (Lipinski definition) is 2. The van der Waals surface area contributed by atoms with E-state index in [1.54, 1.807) is 23.9 Å². The number of nitrogens with zero attached hydrogens (tertiary/aromatic N) is 1. The van der Waals surface area contributed by atoms with Crippen molar-refractivity contribution >= 4 is 17.7 Å². The highest BCUT2D eigenvalue weighted by atomic mass is 32.2. The monoisotopic (exact) mass is 239 g/mol. The fourth-order valence-corrected chi connectivity index (χ4v) is 2.85. The first-order valence-electron chi connectivity index (χ1n) is 5.32. The lowest BCUT2D eigenvalue weighted by Crippen LogP contribution is -2.34. The van der Waals surface area contributed by atoms with Crippen LogP contribution in [0.3, 0.4) is 0 Å². The molecule has 1 aromatic carbocycles. The summed E-state index contributed by atoms with van der Waals surface area (Å²) in [6, 6.07) is 6.12. The van der Waals surface area contributed by atoms with Crippen LogP contribution in [-0.2, 0) is 11.2 Å². The zero-order chi connectivity index (χ0) is 11.5. The molecule has 0 aromatic heterocycles. The van der Waals surface area contributed by atoms with Gasteiger partial charge in [0, 0.05) is 12.3 Å². The number of benzene rings is 1. The smallest absolute Gasteiger partial charge is 0.227 e. The summed E-state index contributed by atoms with van der Waals surface area (Å²) in [6.45, 7) is 2.87. The summed E-state index contributed by atoms with van der Waals surface area (Å²) in [5.74, 6) is 0.876. The normalized spacial score (nSPS) is 20.1. The van der Waals surface area contributed by atoms with E-state index in [9.17, 15) is 9.18 Å². The summed E-state index contributed by atoms with van der Waals surface area (Å²) in [5, 5.41) is 0.271. The van der Waals surface area contributed by atoms with Gasteiger partial charge in [-0.3, -0.25) is 4.79 Å². The molecule has 0 N–H and O–H groups in total. The van der Waals surface area contributed by atoms with E-state index >= 15 is 0 Å². The summed E-state index contributed by atoms with van der Waals surface area (Å²) in [6.07, 6.45) is 0.366. The van der Waals surface area contributed by atoms with Crippen LogP contribution in [0.25, 0.3) is 0 Å². The molecule has 2 rings (SSSR count). The minimum atomic E-state index is -0.263. The maximum atomic E-state index is 12.7. The van der Waals surface area contributed by atoms with Gasteiger partial charge in [-0.1, -0.05) is 12.1 Å². The SMILES string of the molecule is CC1SCCN1C(=O)Cc1ccc(F)cc1. The van der Waals surface area contributed by atoms with Gasteiger partial charge in [0.25, 0.3) is 0 Å². The van der Waals surface area contributed by atoms with E-state index in [0.29, 0.717) is 6.42 Å². The lowest BCUT2D eigenvalue weighted by atomic mass is 10.1. The van der Waals surface area contributed by atoms with Crippen molar-refractivity contribution in [3.8, 4) is 0 Å². The Morgan fingerprint density at radius 1 is 1.50 bits per heavy atom. The van der Waals surface area contributed by atoms with Gasteiger partial charge in [0.2, 0.25) is 5.91 Å². The molecule has 1 saturated heterocycles. The lowest BCUT2D eigenvalue weighted by Gasteiger charge is -2.20. The van der Waals surface area contributed by atoms with Gasteiger partial charge < -0.3 is 4.90 Å². The summed E-state index contributed by atoms with van der Waals surface area (Å²) in [4.78, 5) is 13.8. The molecule has 0 radical (unpaired) electrons. The van der Waals surface area contributed by atoms with Crippen LogP contribution in [0.1, 0.15) is 12.5 Å². The predicted molar refractivity (Wildman–Crippen MR) is 63.7 cm³/mol. The minimum Gasteiger partial charge on any atom is -0.330 e. The van der Waals surface area contributed by atoms with E-state index in [2.05, 4.69) is 0 Å². The van der Waals surface area contributed by atoms with Crippen LogP contribution >= 0.6 is 11.8 Å². The summed E-state index contributed by atoms with van der Waals surface area (Å²) >= 11 is 1.79. The van der Waals surface area contributed by atoms with Crippen molar-refractivity contribution in [3.05, 3.63) is 35.6 Å². The largest absolute Gasteiger partial charge is 0.330 e. The van der Waals surface area contributed by atoms with Gasteiger partial charge in [-0.2, -0.15) is 0 Å². The Bertz CT molecular complexity index is 379. The summed E-state index contributed by atoms with van der Waals surface area (Å²) in [5.41, 5.74) is 0.871. The van der Waals surface area contributed by atoms with E-state index in [1.807, 2.05) is 11.8 Å². The average molecular weight is 239 g/mol. The summed E-state index contributed by atoms with van der Waals surface area (Å²) < 4.78 is 12.7. The Labute approximate surface area is 98.8 Å². The first-order valence-corrected chi connectivity index (χ1v) is 6.37. The standard InChI is InChI=1S/C12H14FNOS/c1-9-14(6-7-16-9)12(15)8-10-2-4-11(13)5-3-10/h2-5,9H,6-8H2,1H3. The molecule has 1 heterocycles. The molecule has 1 amide bonds. The zero-order valence-corrected chi connectivity index (χ0v) is 9.97. The molecule has 0 spiro atoms. The maximum Gasteiger partial charge on any atom is 0.227 e. The Balaban J connectivity index is 1.99. The Morgan fingerprint density at radius 2 is 2.19 bits per heavy atom. The third-order valence-corrected chi connectivity index (χ3v) is 3.87. The van der Waals surface area contributed by atoms with Gasteiger partial charge >= 0.3 is 0 Å². The Kier molecular flexibility index (Phi) is 3.49. The second-order valence-electron chi connectivity index (χ2n) is 3.86. The number of amides is 1. The van der Waals surface area contributed by atoms with Gasteiger partial charge in [0.05, 0.1) is 11.8 Å². The summed E-state index contributed by atoms with van der Waals surface area (Å²) in [7, 11) is 0. The topological polar surface area (TPSA) is 20.3 Å². The molecule has 0 saturated carbocycles. The zero-order valence-electron chi connectivity index (χ0n) is 9.15. The fourth-order valence-electron chi connectivity index (χ4n) is 1.80. The van der Waals surface area contributed by atoms with Crippen molar-refractivity contribution in [3.63, 3.8) is 0 Å². The van der Waals surface area contributed by atoms with E-state index in [1.165, 1.54) is 12.1 Å². The number of carbonyl (C=O) groups is 1. The molecule has 1 aliphatic heterocycles. The lowest BCUT2D eigenvalue weighted by molar-refractivity contribution is -0.130. The van der Waals surface area contributed by atoms with E-state index in [-0.39, 0.29) is 17.1 Å². The Hall–Kier alpha value is -1.03. The molecule has 1 atom stereocenters. The van der Waals surface area contributed by atoms with Crippen LogP contribution in [0, 0.1) is 5.82 Å². The van der Waals surface area contributed by atoms with Crippen molar-refractivity contribution < 1.29 is 9.18 Å². The van der Waals surface area contributed by atoms with Crippen LogP contribution in [0.4, 0.5) is 4.39 Å². The number of thioether (sulfide) groups is 1. The molecule has 4 heteroatoms. The van der Waals surface area contributed by atoms with Crippen LogP contribution in [-0.4, -0.2) is 28.5 Å². The first kappa shape index (κ1) is 11.5. The molecule has 2 nitrogen and oxygen atoms in total. The van der Waals surface area contributed by atoms with Gasteiger partial charge in [-0.25, -0.2) is 4.39 Å². The molecular formula is C12H14FNOS. The van der Waals surface area contributed by atoms with Gasteiger partial charge in [-0.05, 0) is 24.6 Å². The highest BCUT2D eigenvalue weighted by Crippen LogP contribution is 2.23. The van der Waals surface area contributed by atoms with E-state index < -0.39 is 0 Å². The number of carbonyl (C=O) groups excluding carboxylic acids is 1. The van der Waals surface area contributed by atoms with Crippen LogP contribution in [0.15, 0.2) is 24.3 Å². The highest BCUT2D eigenvalue weighted by Gasteiger charge is 2.25. The molecule has 0 aliphatic carbocycles. The molecular weight excluding hydrogens is 225 g/mol. The van der Waals surface area contributed by atoms with Gasteiger partial charge in [-0.15, -0.1) is 11.8 Å². The van der Waals surface area contributed by atoms with Crippen molar-refractivity contribution in [2.75, 3.05) is 12.3 Å². The van der Waals surface area contributed by atoms with Gasteiger partial charge in [0.15, 0.2) is 0 Å². The number of halogens is 1. The fraction of sp³-hybridized carbons (Fsp3) is 0.417. The quantitative estimate of drug-likeness (QED) is 0.789. The van der Waals surface area contributed by atoms with Crippen molar-refractivity contribution in [2.45, 2.75) is 18.7 Å². The van der Waals surface area contributed by atoms with Crippen molar-refractivity contribution in [2.24, 2.45) is 0 Å². The van der Waals surface area contributed by atoms with Crippen LogP contribution in [0.2, 0.25) is 0 Å². The third-order valence-electron chi connectivity index (χ3n) is 2.72. The molecule has 1 fully saturated rings. The molecule has 16 heavy (non-hydrogen) atoms.